The van der Waals surface area contributed by atoms with Crippen LogP contribution in [-0.2, 0) is 0 Å². The van der Waals surface area contributed by atoms with E-state index < -0.39 is 28.8 Å². The minimum absolute atomic E-state index is 0.0743. The lowest BCUT2D eigenvalue weighted by Gasteiger charge is -2.05. The number of para-hydroxylation sites is 1. The first-order valence-corrected chi connectivity index (χ1v) is 6.63. The molecular weight excluding hydrogens is 305 g/mol. The van der Waals surface area contributed by atoms with Crippen LogP contribution in [0.1, 0.15) is 10.6 Å². The third-order valence-corrected chi connectivity index (χ3v) is 3.18. The van der Waals surface area contributed by atoms with Gasteiger partial charge in [0.25, 0.3) is 0 Å². The Morgan fingerprint density at radius 2 is 2.00 bits per heavy atom. The normalized spacial score (nSPS) is 10.7. The number of hydrogen-bond acceptors (Lipinski definition) is 5. The highest BCUT2D eigenvalue weighted by molar-refractivity contribution is 5.98. The molecule has 6 nitrogen and oxygen atoms in total. The third kappa shape index (κ3) is 3.03. The van der Waals surface area contributed by atoms with Gasteiger partial charge in [-0.1, -0.05) is 18.2 Å². The van der Waals surface area contributed by atoms with Crippen molar-refractivity contribution in [2.24, 2.45) is 0 Å². The van der Waals surface area contributed by atoms with Crippen LogP contribution in [0.25, 0.3) is 11.0 Å². The molecule has 0 saturated heterocycles. The molecular formula is C16H10FNO5. The second-order valence-corrected chi connectivity index (χ2v) is 4.73. The molecule has 23 heavy (non-hydrogen) atoms. The highest BCUT2D eigenvalue weighted by Gasteiger charge is 2.19. The second-order valence-electron chi connectivity index (χ2n) is 4.73. The average Bonchev–Trinajstić information content (AvgIpc) is 2.96. The molecule has 1 aromatic heterocycles. The summed E-state index contributed by atoms with van der Waals surface area (Å²) in [6.07, 6.45) is 0. The predicted molar refractivity (Wildman–Crippen MR) is 79.1 cm³/mol. The smallest absolute Gasteiger partial charge is 0.311 e. The van der Waals surface area contributed by atoms with Crippen molar-refractivity contribution in [1.82, 2.24) is 0 Å². The van der Waals surface area contributed by atoms with E-state index in [0.717, 1.165) is 23.6 Å². The van der Waals surface area contributed by atoms with E-state index in [2.05, 4.69) is 0 Å². The van der Waals surface area contributed by atoms with Crippen molar-refractivity contribution in [3.8, 4) is 5.75 Å². The topological polar surface area (TPSA) is 82.6 Å². The number of nitro groups is 1. The van der Waals surface area contributed by atoms with Crippen molar-refractivity contribution in [3.63, 3.8) is 0 Å². The lowest BCUT2D eigenvalue weighted by molar-refractivity contribution is -0.385. The fourth-order valence-corrected chi connectivity index (χ4v) is 2.09. The molecule has 116 valence electrons. The molecule has 0 amide bonds. The highest BCUT2D eigenvalue weighted by atomic mass is 19.1. The van der Waals surface area contributed by atoms with E-state index in [4.69, 9.17) is 9.15 Å². The fraction of sp³-hybridized carbons (Fsp3) is 0.0625. The van der Waals surface area contributed by atoms with Gasteiger partial charge >= 0.3 is 5.69 Å². The SMILES string of the molecule is O=C(COc1cc(F)ccc1[N+](=O)[O-])c1cc2ccccc2o1. The summed E-state index contributed by atoms with van der Waals surface area (Å²) in [5, 5.41) is 11.6. The first-order valence-electron chi connectivity index (χ1n) is 6.63. The number of nitro benzene ring substituents is 1. The summed E-state index contributed by atoms with van der Waals surface area (Å²) in [5.41, 5.74) is 0.136. The van der Waals surface area contributed by atoms with E-state index in [-0.39, 0.29) is 11.5 Å². The lowest BCUT2D eigenvalue weighted by Crippen LogP contribution is -2.11. The number of ether oxygens (including phenoxy) is 1. The number of rotatable bonds is 5. The Hall–Kier alpha value is -3.22. The molecule has 2 aromatic carbocycles. The minimum atomic E-state index is -0.708. The van der Waals surface area contributed by atoms with Gasteiger partial charge in [0, 0.05) is 17.5 Å². The first-order chi connectivity index (χ1) is 11.0. The monoisotopic (exact) mass is 315 g/mol. The van der Waals surface area contributed by atoms with Crippen LogP contribution in [0.3, 0.4) is 0 Å². The van der Waals surface area contributed by atoms with Crippen LogP contribution in [0.5, 0.6) is 5.75 Å². The summed E-state index contributed by atoms with van der Waals surface area (Å²) < 4.78 is 23.7. The molecule has 0 saturated carbocycles. The van der Waals surface area contributed by atoms with Gasteiger partial charge in [0.05, 0.1) is 4.92 Å². The Morgan fingerprint density at radius 3 is 2.74 bits per heavy atom. The maximum atomic E-state index is 13.2. The molecule has 0 aliphatic heterocycles. The molecule has 0 spiro atoms. The molecule has 3 rings (SSSR count). The van der Waals surface area contributed by atoms with Crippen LogP contribution in [0.2, 0.25) is 0 Å². The molecule has 0 aliphatic rings. The van der Waals surface area contributed by atoms with Crippen LogP contribution in [0.15, 0.2) is 52.9 Å². The van der Waals surface area contributed by atoms with E-state index in [0.29, 0.717) is 5.58 Å². The van der Waals surface area contributed by atoms with Gasteiger partial charge < -0.3 is 9.15 Å². The van der Waals surface area contributed by atoms with E-state index in [1.807, 2.05) is 0 Å². The first kappa shape index (κ1) is 14.7. The predicted octanol–water partition coefficient (Wildman–Crippen LogP) is 3.74. The standard InChI is InChI=1S/C16H10FNO5/c17-11-5-6-12(18(20)21)15(8-11)22-9-13(19)16-7-10-3-1-2-4-14(10)23-16/h1-8H,9H2. The van der Waals surface area contributed by atoms with Gasteiger partial charge in [-0.05, 0) is 18.2 Å². The van der Waals surface area contributed by atoms with Crippen molar-refractivity contribution < 1.29 is 23.3 Å². The summed E-state index contributed by atoms with van der Waals surface area (Å²) in [7, 11) is 0. The van der Waals surface area contributed by atoms with Crippen molar-refractivity contribution >= 4 is 22.4 Å². The van der Waals surface area contributed by atoms with Crippen molar-refractivity contribution in [1.29, 1.82) is 0 Å². The van der Waals surface area contributed by atoms with E-state index in [1.54, 1.807) is 30.3 Å². The molecule has 0 N–H and O–H groups in total. The Bertz CT molecular complexity index is 869. The molecule has 0 atom stereocenters. The van der Waals surface area contributed by atoms with Crippen molar-refractivity contribution in [2.75, 3.05) is 6.61 Å². The van der Waals surface area contributed by atoms with Gasteiger partial charge in [-0.3, -0.25) is 14.9 Å². The van der Waals surface area contributed by atoms with Crippen molar-refractivity contribution in [2.45, 2.75) is 0 Å². The Labute approximate surface area is 129 Å². The summed E-state index contributed by atoms with van der Waals surface area (Å²) in [5.74, 6) is -1.42. The molecule has 3 aromatic rings. The summed E-state index contributed by atoms with van der Waals surface area (Å²) in [6, 6.07) is 11.4. The van der Waals surface area contributed by atoms with Crippen molar-refractivity contribution in [3.05, 3.63) is 70.2 Å². The van der Waals surface area contributed by atoms with Gasteiger partial charge in [0.2, 0.25) is 5.78 Å². The molecule has 0 fully saturated rings. The zero-order valence-corrected chi connectivity index (χ0v) is 11.7. The number of carbonyl (C=O) groups is 1. The molecule has 7 heteroatoms. The number of benzene rings is 2. The number of hydrogen-bond donors (Lipinski definition) is 0. The van der Waals surface area contributed by atoms with Crippen LogP contribution >= 0.6 is 0 Å². The molecule has 0 bridgehead atoms. The van der Waals surface area contributed by atoms with Gasteiger partial charge in [-0.15, -0.1) is 0 Å². The molecule has 0 radical (unpaired) electrons. The minimum Gasteiger partial charge on any atom is -0.478 e. The Balaban J connectivity index is 1.79. The Kier molecular flexibility index (Phi) is 3.76. The van der Waals surface area contributed by atoms with Gasteiger partial charge in [-0.2, -0.15) is 0 Å². The zero-order valence-electron chi connectivity index (χ0n) is 11.7. The largest absolute Gasteiger partial charge is 0.478 e. The number of halogens is 1. The lowest BCUT2D eigenvalue weighted by atomic mass is 10.2. The van der Waals surface area contributed by atoms with Gasteiger partial charge in [0.15, 0.2) is 18.1 Å². The maximum absolute atomic E-state index is 13.2. The summed E-state index contributed by atoms with van der Waals surface area (Å²) in [4.78, 5) is 22.2. The number of fused-ring (bicyclic) bond motifs is 1. The number of Topliss-reactive ketones (excluding diaryl/α,β-unsaturated/α-hetero) is 1. The third-order valence-electron chi connectivity index (χ3n) is 3.18. The van der Waals surface area contributed by atoms with Gasteiger partial charge in [0.1, 0.15) is 11.4 Å². The van der Waals surface area contributed by atoms with Crippen LogP contribution in [0.4, 0.5) is 10.1 Å². The summed E-state index contributed by atoms with van der Waals surface area (Å²) in [6.45, 7) is -0.496. The second kappa shape index (κ2) is 5.88. The van der Waals surface area contributed by atoms with E-state index in [1.165, 1.54) is 0 Å². The molecule has 0 aliphatic carbocycles. The fourth-order valence-electron chi connectivity index (χ4n) is 2.09. The van der Waals surface area contributed by atoms with Crippen LogP contribution in [-0.4, -0.2) is 17.3 Å². The quantitative estimate of drug-likeness (QED) is 0.407. The zero-order chi connectivity index (χ0) is 16.4. The number of ketones is 1. The molecule has 1 heterocycles. The van der Waals surface area contributed by atoms with E-state index >= 15 is 0 Å². The van der Waals surface area contributed by atoms with Gasteiger partial charge in [-0.25, -0.2) is 4.39 Å². The average molecular weight is 315 g/mol. The summed E-state index contributed by atoms with van der Waals surface area (Å²) >= 11 is 0. The van der Waals surface area contributed by atoms with Crippen LogP contribution < -0.4 is 4.74 Å². The van der Waals surface area contributed by atoms with E-state index in [9.17, 15) is 19.3 Å². The number of carbonyl (C=O) groups excluding carboxylic acids is 1. The highest BCUT2D eigenvalue weighted by Crippen LogP contribution is 2.28. The number of furan rings is 1. The number of nitrogens with zero attached hydrogens (tertiary/aromatic N) is 1. The van der Waals surface area contributed by atoms with Crippen LogP contribution in [0, 0.1) is 15.9 Å². The molecule has 0 unspecified atom stereocenters. The maximum Gasteiger partial charge on any atom is 0.311 e. The Morgan fingerprint density at radius 1 is 1.22 bits per heavy atom.